The summed E-state index contributed by atoms with van der Waals surface area (Å²) >= 11 is 0. The number of hydrogen-bond donors (Lipinski definition) is 2. The van der Waals surface area contributed by atoms with Gasteiger partial charge >= 0.3 is 0 Å². The van der Waals surface area contributed by atoms with Crippen LogP contribution in [0.1, 0.15) is 110 Å². The normalized spacial score (nSPS) is 25.7. The van der Waals surface area contributed by atoms with E-state index in [1.54, 1.807) is 0 Å². The first-order valence-electron chi connectivity index (χ1n) is 15.5. The minimum Gasteiger partial charge on any atom is -0.381 e. The first kappa shape index (κ1) is 30.2. The van der Waals surface area contributed by atoms with E-state index in [0.717, 1.165) is 75.2 Å². The quantitative estimate of drug-likeness (QED) is 0.354. The molecular weight excluding hydrogens is 493 g/mol. The van der Waals surface area contributed by atoms with E-state index >= 15 is 0 Å². The van der Waals surface area contributed by atoms with Crippen LogP contribution in [0.25, 0.3) is 0 Å². The Morgan fingerprint density at radius 2 is 1.87 bits per heavy atom. The zero-order chi connectivity index (χ0) is 28.2. The molecule has 0 aromatic carbocycles. The lowest BCUT2D eigenvalue weighted by Crippen LogP contribution is -2.35. The average molecular weight is 546 g/mol. The number of anilines is 1. The molecule has 1 unspecified atom stereocenters. The fourth-order valence-electron chi connectivity index (χ4n) is 7.04. The van der Waals surface area contributed by atoms with E-state index in [9.17, 15) is 14.0 Å². The number of aromatic nitrogens is 1. The summed E-state index contributed by atoms with van der Waals surface area (Å²) in [6, 6.07) is 2.32. The van der Waals surface area contributed by atoms with E-state index in [1.165, 1.54) is 6.42 Å². The highest BCUT2D eigenvalue weighted by atomic mass is 19.1. The first-order valence-corrected chi connectivity index (χ1v) is 15.5. The van der Waals surface area contributed by atoms with Crippen molar-refractivity contribution in [3.8, 4) is 0 Å². The second-order valence-corrected chi connectivity index (χ2v) is 14.0. The predicted molar refractivity (Wildman–Crippen MR) is 156 cm³/mol. The number of hydrogen-bond acceptors (Lipinski definition) is 4. The largest absolute Gasteiger partial charge is 0.381 e. The summed E-state index contributed by atoms with van der Waals surface area (Å²) in [5, 5.41) is 3.70. The van der Waals surface area contributed by atoms with Crippen LogP contribution >= 0.6 is 0 Å². The zero-order valence-corrected chi connectivity index (χ0v) is 25.0. The van der Waals surface area contributed by atoms with Gasteiger partial charge in [0.05, 0.1) is 5.69 Å². The van der Waals surface area contributed by atoms with Gasteiger partial charge in [-0.15, -0.1) is 0 Å². The van der Waals surface area contributed by atoms with Crippen molar-refractivity contribution in [2.45, 2.75) is 123 Å². The molecule has 3 aliphatic rings. The summed E-state index contributed by atoms with van der Waals surface area (Å²) in [5.41, 5.74) is 2.50. The summed E-state index contributed by atoms with van der Waals surface area (Å²) in [4.78, 5) is 31.3. The maximum atomic E-state index is 13.6. The molecule has 0 radical (unpaired) electrons. The fourth-order valence-corrected chi connectivity index (χ4v) is 7.04. The Hall–Kier alpha value is -1.73. The number of carbonyl (C=O) groups is 1. The molecule has 1 aliphatic carbocycles. The molecule has 39 heavy (non-hydrogen) atoms. The van der Waals surface area contributed by atoms with Crippen molar-refractivity contribution in [3.63, 3.8) is 0 Å². The summed E-state index contributed by atoms with van der Waals surface area (Å²) < 4.78 is 19.1. The van der Waals surface area contributed by atoms with Crippen molar-refractivity contribution in [1.82, 2.24) is 10.3 Å². The Bertz CT molecular complexity index is 1020. The smallest absolute Gasteiger partial charge is 0.251 e. The predicted octanol–water partition coefficient (Wildman–Crippen LogP) is 6.06. The molecule has 1 saturated heterocycles. The molecule has 0 bridgehead atoms. The molecule has 220 valence electrons. The molecule has 4 rings (SSSR count). The number of halogens is 1. The van der Waals surface area contributed by atoms with Gasteiger partial charge in [0.1, 0.15) is 6.17 Å². The number of pyridine rings is 1. The van der Waals surface area contributed by atoms with Gasteiger partial charge in [-0.3, -0.25) is 9.59 Å². The summed E-state index contributed by atoms with van der Waals surface area (Å²) in [6.07, 6.45) is 8.62. The fraction of sp³-hybridized carbons (Fsp3) is 0.812. The van der Waals surface area contributed by atoms with Crippen molar-refractivity contribution in [3.05, 3.63) is 27.7 Å². The van der Waals surface area contributed by atoms with E-state index in [2.05, 4.69) is 44.9 Å². The molecular formula is C32H52FN3O3. The van der Waals surface area contributed by atoms with Gasteiger partial charge in [0.15, 0.2) is 0 Å². The highest BCUT2D eigenvalue weighted by Crippen LogP contribution is 2.40. The van der Waals surface area contributed by atoms with Crippen LogP contribution in [0.15, 0.2) is 10.9 Å². The average Bonchev–Trinajstić information content (AvgIpc) is 3.14. The Morgan fingerprint density at radius 1 is 1.18 bits per heavy atom. The standard InChI is InChI=1S/C32H52FN3O3/c1-22(19-32(5)13-15-39-16-14-32)20-34-23(2)7-6-8-28(37)36-21-31(3,4)29-27(36)18-25(30(38)35-29)17-24-9-11-26(33)12-10-24/h18,22-24,26,34H,6-17,19-21H2,1-5H3,(H,35,38)/t22?,23-,24?,26?/m1/s1. The lowest BCUT2D eigenvalue weighted by molar-refractivity contribution is -0.118. The minimum atomic E-state index is -0.699. The van der Waals surface area contributed by atoms with Crippen LogP contribution in [-0.4, -0.2) is 49.4 Å². The molecule has 7 heteroatoms. The van der Waals surface area contributed by atoms with Gasteiger partial charge in [0.25, 0.3) is 5.56 Å². The van der Waals surface area contributed by atoms with Gasteiger partial charge in [-0.25, -0.2) is 4.39 Å². The Kier molecular flexibility index (Phi) is 9.96. The van der Waals surface area contributed by atoms with Crippen LogP contribution in [0.3, 0.4) is 0 Å². The van der Waals surface area contributed by atoms with Gasteiger partial charge in [-0.1, -0.05) is 27.7 Å². The van der Waals surface area contributed by atoms with E-state index < -0.39 is 6.17 Å². The first-order chi connectivity index (χ1) is 18.5. The van der Waals surface area contributed by atoms with Crippen molar-refractivity contribution in [1.29, 1.82) is 0 Å². The minimum absolute atomic E-state index is 0.0570. The van der Waals surface area contributed by atoms with Crippen molar-refractivity contribution in [2.24, 2.45) is 17.3 Å². The Morgan fingerprint density at radius 3 is 2.56 bits per heavy atom. The molecule has 2 atom stereocenters. The number of amides is 1. The Labute approximate surface area is 234 Å². The van der Waals surface area contributed by atoms with Gasteiger partial charge in [-0.2, -0.15) is 0 Å². The van der Waals surface area contributed by atoms with Crippen LogP contribution in [0.4, 0.5) is 10.1 Å². The van der Waals surface area contributed by atoms with E-state index in [-0.39, 0.29) is 16.9 Å². The molecule has 2 fully saturated rings. The number of nitrogens with one attached hydrogen (secondary N) is 2. The van der Waals surface area contributed by atoms with Crippen LogP contribution in [0, 0.1) is 17.3 Å². The summed E-state index contributed by atoms with van der Waals surface area (Å²) in [6.45, 7) is 14.5. The van der Waals surface area contributed by atoms with Crippen LogP contribution in [0.5, 0.6) is 0 Å². The third-order valence-electron chi connectivity index (χ3n) is 9.59. The maximum Gasteiger partial charge on any atom is 0.251 e. The van der Waals surface area contributed by atoms with Gasteiger partial charge in [-0.05, 0) is 101 Å². The van der Waals surface area contributed by atoms with Crippen LogP contribution in [-0.2, 0) is 21.4 Å². The number of fused-ring (bicyclic) bond motifs is 1. The van der Waals surface area contributed by atoms with Gasteiger partial charge < -0.3 is 19.9 Å². The third-order valence-corrected chi connectivity index (χ3v) is 9.59. The number of H-pyrrole nitrogens is 1. The van der Waals surface area contributed by atoms with E-state index in [1.807, 2.05) is 11.0 Å². The highest BCUT2D eigenvalue weighted by molar-refractivity contribution is 5.96. The molecule has 2 N–H and O–H groups in total. The van der Waals surface area contributed by atoms with Gasteiger partial charge in [0.2, 0.25) is 5.91 Å². The van der Waals surface area contributed by atoms with Crippen molar-refractivity contribution < 1.29 is 13.9 Å². The molecule has 0 spiro atoms. The lowest BCUT2D eigenvalue weighted by atomic mass is 9.75. The third kappa shape index (κ3) is 7.93. The van der Waals surface area contributed by atoms with Crippen LogP contribution in [0.2, 0.25) is 0 Å². The number of aromatic amines is 1. The summed E-state index contributed by atoms with van der Waals surface area (Å²) in [7, 11) is 0. The number of nitrogens with zero attached hydrogens (tertiary/aromatic N) is 1. The number of alkyl halides is 1. The zero-order valence-electron chi connectivity index (χ0n) is 25.0. The lowest BCUT2D eigenvalue weighted by Gasteiger charge is -2.36. The second kappa shape index (κ2) is 12.8. The SMILES string of the molecule is CC(CN[C@H](C)CCCC(=O)N1CC(C)(C)c2[nH]c(=O)c(CC3CCC(F)CC3)cc21)CC1(C)CCOCC1. The second-order valence-electron chi connectivity index (χ2n) is 14.0. The van der Waals surface area contributed by atoms with Gasteiger partial charge in [0, 0.05) is 48.9 Å². The molecule has 3 heterocycles. The number of carbonyl (C=O) groups excluding carboxylic acids is 1. The summed E-state index contributed by atoms with van der Waals surface area (Å²) in [5.74, 6) is 1.08. The molecule has 1 aromatic heterocycles. The topological polar surface area (TPSA) is 74.4 Å². The van der Waals surface area contributed by atoms with Crippen LogP contribution < -0.4 is 15.8 Å². The van der Waals surface area contributed by atoms with Crippen molar-refractivity contribution >= 4 is 11.6 Å². The number of rotatable bonds is 11. The monoisotopic (exact) mass is 545 g/mol. The Balaban J connectivity index is 1.27. The molecule has 1 aromatic rings. The van der Waals surface area contributed by atoms with E-state index in [0.29, 0.717) is 55.5 Å². The molecule has 6 nitrogen and oxygen atoms in total. The highest BCUT2D eigenvalue weighted by Gasteiger charge is 2.39. The maximum absolute atomic E-state index is 13.6. The molecule has 2 aliphatic heterocycles. The molecule has 1 amide bonds. The number of ether oxygens (including phenoxy) is 1. The molecule has 1 saturated carbocycles. The van der Waals surface area contributed by atoms with E-state index in [4.69, 9.17) is 4.74 Å². The van der Waals surface area contributed by atoms with Crippen molar-refractivity contribution in [2.75, 3.05) is 31.2 Å².